The van der Waals surface area contributed by atoms with E-state index in [-0.39, 0.29) is 0 Å². The fraction of sp³-hybridized carbons (Fsp3) is 0.143. The van der Waals surface area contributed by atoms with Crippen LogP contribution in [0.2, 0.25) is 0 Å². The van der Waals surface area contributed by atoms with Gasteiger partial charge in [0.2, 0.25) is 5.88 Å². The number of nitrogens with zero attached hydrogens (tertiary/aromatic N) is 1. The summed E-state index contributed by atoms with van der Waals surface area (Å²) in [6.45, 7) is 0. The second-order valence-electron chi connectivity index (χ2n) is 3.67. The molecule has 0 aliphatic rings. The summed E-state index contributed by atoms with van der Waals surface area (Å²) in [7, 11) is 3.17. The summed E-state index contributed by atoms with van der Waals surface area (Å²) in [5.74, 6) is 1.27. The molecule has 18 heavy (non-hydrogen) atoms. The molecule has 0 fully saturated rings. The van der Waals surface area contributed by atoms with Gasteiger partial charge in [-0.3, -0.25) is 4.79 Å². The number of carbonyl (C=O) groups excluding carboxylic acids is 1. The predicted molar refractivity (Wildman–Crippen MR) is 68.2 cm³/mol. The van der Waals surface area contributed by atoms with Crippen molar-refractivity contribution in [3.05, 3.63) is 42.1 Å². The summed E-state index contributed by atoms with van der Waals surface area (Å²) in [5, 5.41) is 0. The average molecular weight is 243 g/mol. The minimum absolute atomic E-state index is 0.491. The van der Waals surface area contributed by atoms with Crippen LogP contribution in [0.25, 0.3) is 11.1 Å². The summed E-state index contributed by atoms with van der Waals surface area (Å²) in [5.41, 5.74) is 2.22. The number of hydrogen-bond donors (Lipinski definition) is 0. The quantitative estimate of drug-likeness (QED) is 0.774. The Bertz CT molecular complexity index is 549. The van der Waals surface area contributed by atoms with Crippen molar-refractivity contribution < 1.29 is 14.3 Å². The molecule has 2 rings (SSSR count). The van der Waals surface area contributed by atoms with E-state index >= 15 is 0 Å². The molecule has 0 N–H and O–H groups in total. The van der Waals surface area contributed by atoms with Gasteiger partial charge in [0.15, 0.2) is 6.29 Å². The number of aromatic nitrogens is 1. The number of aldehydes is 1. The highest BCUT2D eigenvalue weighted by Crippen LogP contribution is 2.29. The van der Waals surface area contributed by atoms with Gasteiger partial charge in [0.1, 0.15) is 5.75 Å². The lowest BCUT2D eigenvalue weighted by Gasteiger charge is -2.08. The molecule has 2 aromatic rings. The molecule has 0 amide bonds. The van der Waals surface area contributed by atoms with E-state index in [2.05, 4.69) is 4.98 Å². The third kappa shape index (κ3) is 2.32. The molecular formula is C14H13NO3. The number of hydrogen-bond acceptors (Lipinski definition) is 4. The van der Waals surface area contributed by atoms with Crippen molar-refractivity contribution in [2.45, 2.75) is 0 Å². The van der Waals surface area contributed by atoms with Gasteiger partial charge in [-0.25, -0.2) is 4.98 Å². The SMILES string of the molecule is COc1ccc(-c2cc(C=O)cnc2OC)cc1. The molecule has 0 unspecified atom stereocenters. The van der Waals surface area contributed by atoms with Crippen LogP contribution < -0.4 is 9.47 Å². The largest absolute Gasteiger partial charge is 0.497 e. The lowest BCUT2D eigenvalue weighted by molar-refractivity contribution is 0.112. The van der Waals surface area contributed by atoms with Gasteiger partial charge in [-0.1, -0.05) is 12.1 Å². The first-order valence-electron chi connectivity index (χ1n) is 5.42. The summed E-state index contributed by atoms with van der Waals surface area (Å²) in [6, 6.07) is 9.24. The van der Waals surface area contributed by atoms with E-state index in [9.17, 15) is 4.79 Å². The van der Waals surface area contributed by atoms with Gasteiger partial charge in [-0.15, -0.1) is 0 Å². The minimum Gasteiger partial charge on any atom is -0.497 e. The first kappa shape index (κ1) is 12.1. The van der Waals surface area contributed by atoms with Crippen LogP contribution >= 0.6 is 0 Å². The Morgan fingerprint density at radius 2 is 1.83 bits per heavy atom. The number of ether oxygens (including phenoxy) is 2. The Morgan fingerprint density at radius 3 is 2.39 bits per heavy atom. The second kappa shape index (κ2) is 5.31. The molecule has 0 saturated heterocycles. The number of carbonyl (C=O) groups is 1. The highest BCUT2D eigenvalue weighted by atomic mass is 16.5. The van der Waals surface area contributed by atoms with Crippen molar-refractivity contribution >= 4 is 6.29 Å². The van der Waals surface area contributed by atoms with Crippen LogP contribution in [0, 0.1) is 0 Å². The van der Waals surface area contributed by atoms with Crippen molar-refractivity contribution in [2.24, 2.45) is 0 Å². The third-order valence-electron chi connectivity index (χ3n) is 2.60. The van der Waals surface area contributed by atoms with E-state index in [1.54, 1.807) is 20.3 Å². The Balaban J connectivity index is 2.49. The zero-order valence-corrected chi connectivity index (χ0v) is 10.2. The molecule has 92 valence electrons. The van der Waals surface area contributed by atoms with E-state index in [4.69, 9.17) is 9.47 Å². The molecule has 1 aromatic heterocycles. The maximum Gasteiger partial charge on any atom is 0.221 e. The van der Waals surface area contributed by atoms with Crippen molar-refractivity contribution in [2.75, 3.05) is 14.2 Å². The normalized spacial score (nSPS) is 9.89. The zero-order chi connectivity index (χ0) is 13.0. The highest BCUT2D eigenvalue weighted by Gasteiger charge is 2.08. The first-order valence-corrected chi connectivity index (χ1v) is 5.42. The maximum atomic E-state index is 10.8. The molecule has 0 bridgehead atoms. The van der Waals surface area contributed by atoms with Crippen LogP contribution in [-0.4, -0.2) is 25.5 Å². The summed E-state index contributed by atoms with van der Waals surface area (Å²) >= 11 is 0. The molecule has 1 aromatic carbocycles. The Hall–Kier alpha value is -2.36. The van der Waals surface area contributed by atoms with Crippen LogP contribution in [0.15, 0.2) is 36.5 Å². The number of rotatable bonds is 4. The van der Waals surface area contributed by atoms with E-state index in [0.29, 0.717) is 11.4 Å². The van der Waals surface area contributed by atoms with Gasteiger partial charge in [0, 0.05) is 17.3 Å². The van der Waals surface area contributed by atoms with Crippen molar-refractivity contribution in [3.8, 4) is 22.8 Å². The van der Waals surface area contributed by atoms with Gasteiger partial charge in [0.25, 0.3) is 0 Å². The fourth-order valence-electron chi connectivity index (χ4n) is 1.67. The van der Waals surface area contributed by atoms with Crippen LogP contribution in [0.1, 0.15) is 10.4 Å². The molecular weight excluding hydrogens is 230 g/mol. The highest BCUT2D eigenvalue weighted by molar-refractivity contribution is 5.80. The lowest BCUT2D eigenvalue weighted by atomic mass is 10.1. The summed E-state index contributed by atoms with van der Waals surface area (Å²) in [6.07, 6.45) is 2.25. The predicted octanol–water partition coefficient (Wildman–Crippen LogP) is 2.58. The van der Waals surface area contributed by atoms with Gasteiger partial charge in [-0.05, 0) is 23.8 Å². The summed E-state index contributed by atoms with van der Waals surface area (Å²) < 4.78 is 10.3. The van der Waals surface area contributed by atoms with Crippen LogP contribution in [-0.2, 0) is 0 Å². The minimum atomic E-state index is 0.491. The molecule has 0 atom stereocenters. The number of benzene rings is 1. The lowest BCUT2D eigenvalue weighted by Crippen LogP contribution is -1.94. The van der Waals surface area contributed by atoms with Crippen LogP contribution in [0.4, 0.5) is 0 Å². The van der Waals surface area contributed by atoms with E-state index < -0.39 is 0 Å². The first-order chi connectivity index (χ1) is 8.78. The molecule has 0 aliphatic carbocycles. The topological polar surface area (TPSA) is 48.4 Å². The Morgan fingerprint density at radius 1 is 1.11 bits per heavy atom. The molecule has 0 spiro atoms. The van der Waals surface area contributed by atoms with Crippen molar-refractivity contribution in [3.63, 3.8) is 0 Å². The molecule has 4 nitrogen and oxygen atoms in total. The smallest absolute Gasteiger partial charge is 0.221 e. The van der Waals surface area contributed by atoms with E-state index in [0.717, 1.165) is 23.2 Å². The standard InChI is InChI=1S/C14H13NO3/c1-17-12-5-3-11(4-6-12)13-7-10(9-16)8-15-14(13)18-2/h3-9H,1-2H3. The Labute approximate surface area is 105 Å². The monoisotopic (exact) mass is 243 g/mol. The molecule has 0 aliphatic heterocycles. The maximum absolute atomic E-state index is 10.8. The van der Waals surface area contributed by atoms with Gasteiger partial charge >= 0.3 is 0 Å². The van der Waals surface area contributed by atoms with Crippen molar-refractivity contribution in [1.82, 2.24) is 4.98 Å². The van der Waals surface area contributed by atoms with E-state index in [1.165, 1.54) is 6.20 Å². The van der Waals surface area contributed by atoms with Crippen LogP contribution in [0.3, 0.4) is 0 Å². The second-order valence-corrected chi connectivity index (χ2v) is 3.67. The van der Waals surface area contributed by atoms with Crippen molar-refractivity contribution in [1.29, 1.82) is 0 Å². The summed E-state index contributed by atoms with van der Waals surface area (Å²) in [4.78, 5) is 14.9. The molecule has 1 heterocycles. The zero-order valence-electron chi connectivity index (χ0n) is 10.2. The third-order valence-corrected chi connectivity index (χ3v) is 2.60. The average Bonchev–Trinajstić information content (AvgIpc) is 2.46. The van der Waals surface area contributed by atoms with E-state index in [1.807, 2.05) is 24.3 Å². The Kier molecular flexibility index (Phi) is 3.57. The molecule has 0 radical (unpaired) electrons. The molecule has 0 saturated carbocycles. The fourth-order valence-corrected chi connectivity index (χ4v) is 1.67. The van der Waals surface area contributed by atoms with Crippen LogP contribution in [0.5, 0.6) is 11.6 Å². The van der Waals surface area contributed by atoms with Gasteiger partial charge < -0.3 is 9.47 Å². The molecule has 4 heteroatoms. The van der Waals surface area contributed by atoms with Gasteiger partial charge in [-0.2, -0.15) is 0 Å². The van der Waals surface area contributed by atoms with Gasteiger partial charge in [0.05, 0.1) is 14.2 Å². The number of methoxy groups -OCH3 is 2. The number of pyridine rings is 1.